The SMILES string of the molecule is O=C1C2CCCC3C(=O)C4CC(Br)C5CCCC1C5C4C23. The van der Waals surface area contributed by atoms with Crippen molar-refractivity contribution in [1.82, 2.24) is 0 Å². The molecular formula is C18H23BrO2. The number of Topliss-reactive ketones (excluding diaryl/α,β-unsaturated/α-hetero) is 2. The number of hydrogen-bond donors (Lipinski definition) is 0. The molecule has 0 heterocycles. The zero-order chi connectivity index (χ0) is 14.3. The largest absolute Gasteiger partial charge is 0.299 e. The van der Waals surface area contributed by atoms with Crippen LogP contribution >= 0.6 is 15.9 Å². The smallest absolute Gasteiger partial charge is 0.139 e. The third-order valence-corrected chi connectivity index (χ3v) is 8.78. The molecule has 0 saturated heterocycles. The van der Waals surface area contributed by atoms with Gasteiger partial charge >= 0.3 is 0 Å². The second-order valence-electron chi connectivity index (χ2n) is 8.24. The molecule has 0 aromatic carbocycles. The van der Waals surface area contributed by atoms with Crippen molar-refractivity contribution in [2.45, 2.75) is 49.8 Å². The molecule has 21 heavy (non-hydrogen) atoms. The zero-order valence-corrected chi connectivity index (χ0v) is 13.9. The Labute approximate surface area is 134 Å². The van der Waals surface area contributed by atoms with Gasteiger partial charge in [-0.1, -0.05) is 28.8 Å². The second kappa shape index (κ2) is 4.43. The number of alkyl halides is 1. The minimum absolute atomic E-state index is 0.240. The average molecular weight is 351 g/mol. The van der Waals surface area contributed by atoms with Crippen molar-refractivity contribution in [3.05, 3.63) is 0 Å². The lowest BCUT2D eigenvalue weighted by molar-refractivity contribution is -0.149. The van der Waals surface area contributed by atoms with Crippen LogP contribution in [-0.4, -0.2) is 16.4 Å². The van der Waals surface area contributed by atoms with Crippen LogP contribution in [0.15, 0.2) is 0 Å². The van der Waals surface area contributed by atoms with Crippen molar-refractivity contribution in [2.75, 3.05) is 0 Å². The van der Waals surface area contributed by atoms with E-state index in [1.807, 2.05) is 0 Å². The van der Waals surface area contributed by atoms with Crippen molar-refractivity contribution in [3.63, 3.8) is 0 Å². The Bertz CT molecular complexity index is 515. The summed E-state index contributed by atoms with van der Waals surface area (Å²) in [6.07, 6.45) is 7.87. The molecule has 5 aliphatic carbocycles. The summed E-state index contributed by atoms with van der Waals surface area (Å²) in [5, 5.41) is 0. The van der Waals surface area contributed by atoms with Crippen LogP contribution < -0.4 is 0 Å². The van der Waals surface area contributed by atoms with E-state index in [0.717, 1.165) is 32.1 Å². The third-order valence-electron chi connectivity index (χ3n) is 7.73. The third kappa shape index (κ3) is 1.55. The van der Waals surface area contributed by atoms with E-state index in [2.05, 4.69) is 15.9 Å². The van der Waals surface area contributed by atoms with Gasteiger partial charge in [0.15, 0.2) is 0 Å². The molecule has 0 aromatic rings. The van der Waals surface area contributed by atoms with Crippen LogP contribution in [0.25, 0.3) is 0 Å². The first-order chi connectivity index (χ1) is 10.2. The van der Waals surface area contributed by atoms with E-state index in [4.69, 9.17) is 0 Å². The quantitative estimate of drug-likeness (QED) is 0.625. The molecule has 5 fully saturated rings. The van der Waals surface area contributed by atoms with Gasteiger partial charge in [0.1, 0.15) is 11.6 Å². The van der Waals surface area contributed by atoms with Gasteiger partial charge in [0, 0.05) is 28.5 Å². The first-order valence-electron chi connectivity index (χ1n) is 8.90. The summed E-state index contributed by atoms with van der Waals surface area (Å²) in [5.41, 5.74) is 0. The molecule has 2 nitrogen and oxygen atoms in total. The summed E-state index contributed by atoms with van der Waals surface area (Å²) in [4.78, 5) is 26.5. The van der Waals surface area contributed by atoms with Gasteiger partial charge in [0.25, 0.3) is 0 Å². The van der Waals surface area contributed by atoms with Gasteiger partial charge in [-0.05, 0) is 55.8 Å². The number of carbonyl (C=O) groups excluding carboxylic acids is 2. The van der Waals surface area contributed by atoms with Crippen molar-refractivity contribution in [1.29, 1.82) is 0 Å². The van der Waals surface area contributed by atoms with Gasteiger partial charge in [-0.15, -0.1) is 0 Å². The summed E-state index contributed by atoms with van der Waals surface area (Å²) in [6.45, 7) is 0. The summed E-state index contributed by atoms with van der Waals surface area (Å²) >= 11 is 3.89. The van der Waals surface area contributed by atoms with E-state index in [-0.39, 0.29) is 17.8 Å². The molecule has 0 amide bonds. The Morgan fingerprint density at radius 3 is 2.00 bits per heavy atom. The Kier molecular flexibility index (Phi) is 2.80. The summed E-state index contributed by atoms with van der Waals surface area (Å²) in [6, 6.07) is 0. The Balaban J connectivity index is 1.65. The van der Waals surface area contributed by atoms with E-state index in [1.54, 1.807) is 0 Å². The molecule has 5 saturated carbocycles. The van der Waals surface area contributed by atoms with Crippen LogP contribution in [0.5, 0.6) is 0 Å². The topological polar surface area (TPSA) is 34.1 Å². The molecule has 0 bridgehead atoms. The lowest BCUT2D eigenvalue weighted by Gasteiger charge is -2.55. The van der Waals surface area contributed by atoms with Crippen molar-refractivity contribution >= 4 is 27.5 Å². The number of halogens is 1. The van der Waals surface area contributed by atoms with Gasteiger partial charge in [0.05, 0.1) is 0 Å². The molecular weight excluding hydrogens is 328 g/mol. The molecule has 5 aliphatic rings. The van der Waals surface area contributed by atoms with Gasteiger partial charge in [-0.25, -0.2) is 0 Å². The summed E-state index contributed by atoms with van der Waals surface area (Å²) < 4.78 is 0. The maximum atomic E-state index is 13.1. The highest BCUT2D eigenvalue weighted by Crippen LogP contribution is 2.65. The van der Waals surface area contributed by atoms with E-state index in [9.17, 15) is 9.59 Å². The standard InChI is InChI=1S/C18H23BrO2/c19-13-7-12-16-14-8(13)3-1-4-9(14)17(20)10-5-2-6-11(15(10)16)18(12)21/h8-16H,1-7H2. The van der Waals surface area contributed by atoms with Crippen molar-refractivity contribution < 1.29 is 9.59 Å². The molecule has 114 valence electrons. The van der Waals surface area contributed by atoms with Gasteiger partial charge < -0.3 is 0 Å². The van der Waals surface area contributed by atoms with Gasteiger partial charge in [-0.3, -0.25) is 9.59 Å². The van der Waals surface area contributed by atoms with Gasteiger partial charge in [0.2, 0.25) is 0 Å². The Hall–Kier alpha value is -0.180. The molecule has 0 aliphatic heterocycles. The average Bonchev–Trinajstić information content (AvgIpc) is 2.79. The van der Waals surface area contributed by atoms with E-state index >= 15 is 0 Å². The van der Waals surface area contributed by atoms with Crippen LogP contribution in [-0.2, 0) is 9.59 Å². The van der Waals surface area contributed by atoms with Crippen LogP contribution in [0.3, 0.4) is 0 Å². The molecule has 0 radical (unpaired) electrons. The molecule has 5 rings (SSSR count). The zero-order valence-electron chi connectivity index (χ0n) is 12.3. The maximum absolute atomic E-state index is 13.1. The first kappa shape index (κ1) is 13.3. The lowest BCUT2D eigenvalue weighted by atomic mass is 9.48. The highest BCUT2D eigenvalue weighted by Gasteiger charge is 2.66. The van der Waals surface area contributed by atoms with E-state index in [1.165, 1.54) is 12.8 Å². The minimum Gasteiger partial charge on any atom is -0.299 e. The molecule has 3 heteroatoms. The fraction of sp³-hybridized carbons (Fsp3) is 0.889. The molecule has 0 N–H and O–H groups in total. The maximum Gasteiger partial charge on any atom is 0.139 e. The first-order valence-corrected chi connectivity index (χ1v) is 9.81. The van der Waals surface area contributed by atoms with Crippen LogP contribution in [0.4, 0.5) is 0 Å². The second-order valence-corrected chi connectivity index (χ2v) is 9.42. The number of carbonyl (C=O) groups is 2. The highest BCUT2D eigenvalue weighted by atomic mass is 79.9. The lowest BCUT2D eigenvalue weighted by Crippen LogP contribution is -2.56. The van der Waals surface area contributed by atoms with Crippen LogP contribution in [0.1, 0.15) is 44.9 Å². The number of ketones is 2. The Morgan fingerprint density at radius 1 is 0.714 bits per heavy atom. The van der Waals surface area contributed by atoms with Crippen LogP contribution in [0, 0.1) is 47.3 Å². The molecule has 0 aromatic heterocycles. The van der Waals surface area contributed by atoms with Crippen molar-refractivity contribution in [3.8, 4) is 0 Å². The minimum atomic E-state index is 0.240. The van der Waals surface area contributed by atoms with E-state index < -0.39 is 0 Å². The summed E-state index contributed by atoms with van der Waals surface area (Å²) in [5.74, 6) is 4.34. The predicted octanol–water partition coefficient (Wildman–Crippen LogP) is 3.62. The molecule has 9 unspecified atom stereocenters. The number of hydrogen-bond acceptors (Lipinski definition) is 2. The van der Waals surface area contributed by atoms with E-state index in [0.29, 0.717) is 46.0 Å². The monoisotopic (exact) mass is 350 g/mol. The Morgan fingerprint density at radius 2 is 1.29 bits per heavy atom. The fourth-order valence-electron chi connectivity index (χ4n) is 7.21. The van der Waals surface area contributed by atoms with Crippen molar-refractivity contribution in [2.24, 2.45) is 47.3 Å². The normalized spacial score (nSPS) is 58.0. The van der Waals surface area contributed by atoms with Gasteiger partial charge in [-0.2, -0.15) is 0 Å². The predicted molar refractivity (Wildman–Crippen MR) is 83.0 cm³/mol. The number of rotatable bonds is 0. The fourth-order valence-corrected chi connectivity index (χ4v) is 8.23. The highest BCUT2D eigenvalue weighted by molar-refractivity contribution is 9.09. The summed E-state index contributed by atoms with van der Waals surface area (Å²) in [7, 11) is 0. The molecule has 9 atom stereocenters. The van der Waals surface area contributed by atoms with Crippen LogP contribution in [0.2, 0.25) is 0 Å². The molecule has 0 spiro atoms.